The van der Waals surface area contributed by atoms with Crippen LogP contribution >= 0.6 is 0 Å². The van der Waals surface area contributed by atoms with Crippen LogP contribution in [0.1, 0.15) is 110 Å². The van der Waals surface area contributed by atoms with Crippen LogP contribution in [0.3, 0.4) is 0 Å². The summed E-state index contributed by atoms with van der Waals surface area (Å²) < 4.78 is 30.5. The van der Waals surface area contributed by atoms with Crippen LogP contribution in [0.2, 0.25) is 0 Å². The Bertz CT molecular complexity index is 463. The topological polar surface area (TPSA) is 9.23 Å². The van der Waals surface area contributed by atoms with Crippen molar-refractivity contribution in [3.63, 3.8) is 0 Å². The van der Waals surface area contributed by atoms with Gasteiger partial charge in [-0.15, -0.1) is 0 Å². The van der Waals surface area contributed by atoms with Crippen molar-refractivity contribution in [1.29, 1.82) is 0 Å². The molecule has 0 aromatic rings. The number of allylic oxidation sites excluding steroid dienone is 1. The molecule has 0 aromatic carbocycles. The molecule has 2 atom stereocenters. The van der Waals surface area contributed by atoms with Crippen molar-refractivity contribution >= 4 is 0 Å². The maximum atomic E-state index is 12.2. The number of rotatable bonds is 9. The summed E-state index contributed by atoms with van der Waals surface area (Å²) in [6.45, 7) is 3.11. The van der Waals surface area contributed by atoms with E-state index in [0.717, 1.165) is 55.6 Å². The first-order valence-corrected chi connectivity index (χ1v) is 12.8. The molecule has 29 heavy (non-hydrogen) atoms. The van der Waals surface area contributed by atoms with Crippen molar-refractivity contribution in [3.8, 4) is 0 Å². The average Bonchev–Trinajstić information content (AvgIpc) is 2.74. The van der Waals surface area contributed by atoms with E-state index in [1.54, 1.807) is 0 Å². The summed E-state index contributed by atoms with van der Waals surface area (Å²) in [6, 6.07) is 0. The lowest BCUT2D eigenvalue weighted by Gasteiger charge is -2.38. The van der Waals surface area contributed by atoms with Crippen LogP contribution in [0.25, 0.3) is 0 Å². The minimum Gasteiger partial charge on any atom is -0.378 e. The van der Waals surface area contributed by atoms with Gasteiger partial charge in [-0.3, -0.25) is 0 Å². The lowest BCUT2D eigenvalue weighted by molar-refractivity contribution is -0.0595. The molecule has 2 saturated carbocycles. The van der Waals surface area contributed by atoms with Crippen LogP contribution < -0.4 is 0 Å². The molecule has 1 nitrogen and oxygen atoms in total. The van der Waals surface area contributed by atoms with Gasteiger partial charge < -0.3 is 4.74 Å². The second-order valence-electron chi connectivity index (χ2n) is 10.4. The van der Waals surface area contributed by atoms with Crippen LogP contribution in [0.4, 0.5) is 8.78 Å². The third-order valence-corrected chi connectivity index (χ3v) is 8.34. The van der Waals surface area contributed by atoms with Crippen LogP contribution in [-0.2, 0) is 4.74 Å². The summed E-state index contributed by atoms with van der Waals surface area (Å²) in [7, 11) is 0. The Kier molecular flexibility index (Phi) is 9.95. The number of hydrogen-bond donors (Lipinski definition) is 0. The summed E-state index contributed by atoms with van der Waals surface area (Å²) >= 11 is 0. The first kappa shape index (κ1) is 23.2. The van der Waals surface area contributed by atoms with Gasteiger partial charge in [-0.25, -0.2) is 0 Å². The second kappa shape index (κ2) is 12.4. The predicted molar refractivity (Wildman–Crippen MR) is 117 cm³/mol. The van der Waals surface area contributed by atoms with Gasteiger partial charge in [0.05, 0.1) is 6.10 Å². The Morgan fingerprint density at radius 2 is 1.28 bits per heavy atom. The van der Waals surface area contributed by atoms with Gasteiger partial charge in [0.25, 0.3) is 6.08 Å². The maximum absolute atomic E-state index is 12.2. The quantitative estimate of drug-likeness (QED) is 0.370. The number of ether oxygens (including phenoxy) is 1. The van der Waals surface area contributed by atoms with Gasteiger partial charge >= 0.3 is 0 Å². The van der Waals surface area contributed by atoms with Gasteiger partial charge in [0, 0.05) is 6.61 Å². The fourth-order valence-corrected chi connectivity index (χ4v) is 6.39. The largest absolute Gasteiger partial charge is 0.378 e. The highest BCUT2D eigenvalue weighted by Gasteiger charge is 2.32. The molecule has 168 valence electrons. The van der Waals surface area contributed by atoms with Gasteiger partial charge in [-0.1, -0.05) is 71.1 Å². The van der Waals surface area contributed by atoms with Gasteiger partial charge in [-0.05, 0) is 74.2 Å². The molecule has 1 saturated heterocycles. The Morgan fingerprint density at radius 1 is 0.724 bits per heavy atom. The van der Waals surface area contributed by atoms with Crippen LogP contribution in [-0.4, -0.2) is 12.7 Å². The minimum atomic E-state index is -1.54. The standard InChI is InChI=1S/C26H44F2O/c1-2-4-20-7-9-21(10-8-20)11-12-22-13-16-24(17-14-22)25-18-15-23(19-29-25)5-3-6-26(27)28/h6,20-25H,2-5,7-19H2,1H3. The van der Waals surface area contributed by atoms with Crippen LogP contribution in [0, 0.1) is 29.6 Å². The second-order valence-corrected chi connectivity index (χ2v) is 10.4. The zero-order valence-electron chi connectivity index (χ0n) is 18.7. The molecule has 1 heterocycles. The lowest BCUT2D eigenvalue weighted by Crippen LogP contribution is -2.34. The van der Waals surface area contributed by atoms with Crippen molar-refractivity contribution in [2.75, 3.05) is 6.61 Å². The zero-order chi connectivity index (χ0) is 20.5. The van der Waals surface area contributed by atoms with E-state index in [9.17, 15) is 8.78 Å². The molecule has 2 unspecified atom stereocenters. The molecule has 3 rings (SSSR count). The normalized spacial score (nSPS) is 36.0. The average molecular weight is 411 g/mol. The van der Waals surface area contributed by atoms with Crippen LogP contribution in [0.15, 0.2) is 12.2 Å². The van der Waals surface area contributed by atoms with Crippen molar-refractivity contribution in [2.45, 2.75) is 116 Å². The van der Waals surface area contributed by atoms with E-state index in [4.69, 9.17) is 4.74 Å². The molecular formula is C26H44F2O. The van der Waals surface area contributed by atoms with E-state index < -0.39 is 6.08 Å². The molecule has 1 aliphatic heterocycles. The first-order valence-electron chi connectivity index (χ1n) is 12.8. The minimum absolute atomic E-state index is 0.439. The fourth-order valence-electron chi connectivity index (χ4n) is 6.39. The van der Waals surface area contributed by atoms with E-state index >= 15 is 0 Å². The van der Waals surface area contributed by atoms with E-state index in [1.807, 2.05) is 0 Å². The predicted octanol–water partition coefficient (Wildman–Crippen LogP) is 8.54. The van der Waals surface area contributed by atoms with Crippen LogP contribution in [0.5, 0.6) is 0 Å². The zero-order valence-corrected chi connectivity index (χ0v) is 18.7. The van der Waals surface area contributed by atoms with Gasteiger partial charge in [0.1, 0.15) is 0 Å². The molecule has 0 N–H and O–H groups in total. The Morgan fingerprint density at radius 3 is 1.79 bits per heavy atom. The highest BCUT2D eigenvalue weighted by Crippen LogP contribution is 2.40. The molecule has 3 heteroatoms. The fraction of sp³-hybridized carbons (Fsp3) is 0.923. The summed E-state index contributed by atoms with van der Waals surface area (Å²) in [5, 5.41) is 0. The molecule has 2 aliphatic carbocycles. The third kappa shape index (κ3) is 7.96. The number of halogens is 2. The SMILES string of the molecule is CCCC1CCC(CCC2CCC(C3CCC(CCC=C(F)F)CO3)CC2)CC1. The Hall–Kier alpha value is -0.440. The highest BCUT2D eigenvalue weighted by atomic mass is 19.3. The van der Waals surface area contributed by atoms with Gasteiger partial charge in [0.2, 0.25) is 0 Å². The Labute approximate surface area is 178 Å². The molecule has 0 bridgehead atoms. The Balaban J connectivity index is 1.26. The molecule has 0 amide bonds. The number of hydrogen-bond acceptors (Lipinski definition) is 1. The molecule has 0 radical (unpaired) electrons. The summed E-state index contributed by atoms with van der Waals surface area (Å²) in [6.07, 6.45) is 20.8. The monoisotopic (exact) mass is 410 g/mol. The van der Waals surface area contributed by atoms with Gasteiger partial charge in [0.15, 0.2) is 0 Å². The molecule has 0 aromatic heterocycles. The van der Waals surface area contributed by atoms with Crippen molar-refractivity contribution in [2.24, 2.45) is 29.6 Å². The van der Waals surface area contributed by atoms with Crippen molar-refractivity contribution < 1.29 is 13.5 Å². The highest BCUT2D eigenvalue weighted by molar-refractivity contribution is 4.85. The van der Waals surface area contributed by atoms with Crippen molar-refractivity contribution in [3.05, 3.63) is 12.2 Å². The van der Waals surface area contributed by atoms with E-state index in [0.29, 0.717) is 18.4 Å². The van der Waals surface area contributed by atoms with E-state index in [1.165, 1.54) is 77.0 Å². The third-order valence-electron chi connectivity index (χ3n) is 8.34. The van der Waals surface area contributed by atoms with E-state index in [2.05, 4.69) is 6.92 Å². The molecule has 3 aliphatic rings. The first-order chi connectivity index (χ1) is 14.1. The molecule has 3 fully saturated rings. The summed E-state index contributed by atoms with van der Waals surface area (Å²) in [5.74, 6) is 4.23. The summed E-state index contributed by atoms with van der Waals surface area (Å²) in [5.41, 5.74) is 0. The maximum Gasteiger partial charge on any atom is 0.266 e. The van der Waals surface area contributed by atoms with Gasteiger partial charge in [-0.2, -0.15) is 8.78 Å². The van der Waals surface area contributed by atoms with E-state index in [-0.39, 0.29) is 0 Å². The lowest BCUT2D eigenvalue weighted by atomic mass is 9.73. The summed E-state index contributed by atoms with van der Waals surface area (Å²) in [4.78, 5) is 0. The smallest absolute Gasteiger partial charge is 0.266 e. The molecular weight excluding hydrogens is 366 g/mol. The van der Waals surface area contributed by atoms with Crippen molar-refractivity contribution in [1.82, 2.24) is 0 Å². The molecule has 0 spiro atoms.